The Bertz CT molecular complexity index is 892. The maximum Gasteiger partial charge on any atom is 0.270 e. The fraction of sp³-hybridized carbons (Fsp3) is 0.400. The van der Waals surface area contributed by atoms with Crippen molar-refractivity contribution in [3.63, 3.8) is 0 Å². The molecule has 1 atom stereocenters. The van der Waals surface area contributed by atoms with Crippen molar-refractivity contribution in [2.45, 2.75) is 39.2 Å². The van der Waals surface area contributed by atoms with Crippen molar-refractivity contribution in [3.8, 4) is 0 Å². The van der Waals surface area contributed by atoms with Gasteiger partial charge in [-0.3, -0.25) is 9.69 Å². The number of nitrogens with zero attached hydrogens (tertiary/aromatic N) is 2. The van der Waals surface area contributed by atoms with Gasteiger partial charge in [-0.2, -0.15) is 0 Å². The maximum absolute atomic E-state index is 13.3. The number of rotatable bonds is 5. The number of amides is 1. The minimum atomic E-state index is 0.0346. The fourth-order valence-corrected chi connectivity index (χ4v) is 5.36. The molecule has 1 amide bonds. The first-order valence-electron chi connectivity index (χ1n) is 9.04. The first-order valence-corrected chi connectivity index (χ1v) is 10.7. The van der Waals surface area contributed by atoms with Crippen LogP contribution in [0.3, 0.4) is 0 Å². The molecule has 26 heavy (non-hydrogen) atoms. The number of carbonyl (C=O) groups is 1. The Labute approximate surface area is 161 Å². The first kappa shape index (κ1) is 17.6. The molecule has 136 valence electrons. The lowest BCUT2D eigenvalue weighted by Gasteiger charge is -2.22. The Morgan fingerprint density at radius 2 is 2.19 bits per heavy atom. The minimum Gasteiger partial charge on any atom is -0.376 e. The van der Waals surface area contributed by atoms with E-state index in [1.54, 1.807) is 22.7 Å². The van der Waals surface area contributed by atoms with Crippen LogP contribution in [-0.4, -0.2) is 30.1 Å². The summed E-state index contributed by atoms with van der Waals surface area (Å²) in [6.45, 7) is 5.56. The maximum atomic E-state index is 13.3. The van der Waals surface area contributed by atoms with Crippen molar-refractivity contribution in [1.82, 2.24) is 4.98 Å². The number of aryl methyl sites for hydroxylation is 2. The molecule has 4 rings (SSSR count). The van der Waals surface area contributed by atoms with Gasteiger partial charge in [0.15, 0.2) is 5.13 Å². The number of thiazole rings is 1. The van der Waals surface area contributed by atoms with Crippen molar-refractivity contribution in [3.05, 3.63) is 45.6 Å². The molecule has 1 aliphatic rings. The number of anilines is 1. The van der Waals surface area contributed by atoms with E-state index in [-0.39, 0.29) is 12.0 Å². The molecular weight excluding hydrogens is 364 g/mol. The van der Waals surface area contributed by atoms with Crippen LogP contribution in [0, 0.1) is 6.92 Å². The molecule has 4 nitrogen and oxygen atoms in total. The van der Waals surface area contributed by atoms with E-state index in [0.29, 0.717) is 6.54 Å². The van der Waals surface area contributed by atoms with E-state index in [1.165, 1.54) is 10.4 Å². The van der Waals surface area contributed by atoms with Gasteiger partial charge in [-0.1, -0.05) is 30.4 Å². The van der Waals surface area contributed by atoms with E-state index in [2.05, 4.69) is 19.9 Å². The lowest BCUT2D eigenvalue weighted by Crippen LogP contribution is -2.37. The number of carbonyl (C=O) groups excluding carboxylic acids is 1. The summed E-state index contributed by atoms with van der Waals surface area (Å²) in [5.41, 5.74) is 2.19. The third kappa shape index (κ3) is 3.41. The summed E-state index contributed by atoms with van der Waals surface area (Å²) < 4.78 is 6.90. The molecule has 0 aliphatic carbocycles. The van der Waals surface area contributed by atoms with Crippen molar-refractivity contribution in [2.24, 2.45) is 0 Å². The predicted octanol–water partition coefficient (Wildman–Crippen LogP) is 5.05. The molecule has 1 aromatic carbocycles. The Morgan fingerprint density at radius 1 is 1.35 bits per heavy atom. The third-order valence-electron chi connectivity index (χ3n) is 4.78. The number of fused-ring (bicyclic) bond motifs is 1. The number of ether oxygens (including phenoxy) is 1. The Morgan fingerprint density at radius 3 is 2.88 bits per heavy atom. The Hall–Kier alpha value is -1.76. The van der Waals surface area contributed by atoms with Gasteiger partial charge in [0.1, 0.15) is 0 Å². The fourth-order valence-electron chi connectivity index (χ4n) is 3.32. The lowest BCUT2D eigenvalue weighted by atomic mass is 10.2. The quantitative estimate of drug-likeness (QED) is 0.616. The average molecular weight is 387 g/mol. The smallest absolute Gasteiger partial charge is 0.270 e. The van der Waals surface area contributed by atoms with E-state index in [0.717, 1.165) is 46.1 Å². The topological polar surface area (TPSA) is 42.4 Å². The molecule has 0 saturated carbocycles. The number of aromatic nitrogens is 1. The Kier molecular flexibility index (Phi) is 5.07. The molecule has 0 spiro atoms. The van der Waals surface area contributed by atoms with Crippen molar-refractivity contribution in [2.75, 3.05) is 18.1 Å². The summed E-state index contributed by atoms with van der Waals surface area (Å²) in [7, 11) is 0. The Balaban J connectivity index is 1.70. The first-order chi connectivity index (χ1) is 12.7. The van der Waals surface area contributed by atoms with Crippen molar-refractivity contribution in [1.29, 1.82) is 0 Å². The molecule has 1 saturated heterocycles. The molecule has 6 heteroatoms. The molecule has 0 bridgehead atoms. The van der Waals surface area contributed by atoms with Gasteiger partial charge in [0.25, 0.3) is 5.91 Å². The highest BCUT2D eigenvalue weighted by Crippen LogP contribution is 2.32. The number of hydrogen-bond acceptors (Lipinski definition) is 5. The standard InChI is InChI=1S/C20H22N2O2S2/c1-3-14-11-18(25-13(14)2)19(23)22(12-15-7-6-10-24-15)20-21-16-8-4-5-9-17(16)26-20/h4-5,8-9,11,15H,3,6-7,10,12H2,1-2H3. The third-order valence-corrected chi connectivity index (χ3v) is 6.92. The zero-order chi connectivity index (χ0) is 18.1. The second-order valence-electron chi connectivity index (χ2n) is 6.56. The minimum absolute atomic E-state index is 0.0346. The number of para-hydroxylation sites is 1. The summed E-state index contributed by atoms with van der Waals surface area (Å²) >= 11 is 3.15. The van der Waals surface area contributed by atoms with Crippen LogP contribution < -0.4 is 4.90 Å². The summed E-state index contributed by atoms with van der Waals surface area (Å²) in [6.07, 6.45) is 3.10. The van der Waals surface area contributed by atoms with Crippen LogP contribution >= 0.6 is 22.7 Å². The zero-order valence-electron chi connectivity index (χ0n) is 15.0. The van der Waals surface area contributed by atoms with Gasteiger partial charge in [-0.15, -0.1) is 11.3 Å². The lowest BCUT2D eigenvalue weighted by molar-refractivity contribution is 0.0920. The summed E-state index contributed by atoms with van der Waals surface area (Å²) in [4.78, 5) is 21.9. The van der Waals surface area contributed by atoms with Gasteiger partial charge < -0.3 is 4.74 Å². The highest BCUT2D eigenvalue weighted by atomic mass is 32.1. The molecule has 1 unspecified atom stereocenters. The highest BCUT2D eigenvalue weighted by molar-refractivity contribution is 7.22. The molecule has 0 N–H and O–H groups in total. The van der Waals surface area contributed by atoms with Gasteiger partial charge in [0.2, 0.25) is 0 Å². The van der Waals surface area contributed by atoms with Gasteiger partial charge in [-0.25, -0.2) is 4.98 Å². The van der Waals surface area contributed by atoms with Crippen molar-refractivity contribution >= 4 is 43.9 Å². The average Bonchev–Trinajstić information content (AvgIpc) is 3.38. The normalized spacial score (nSPS) is 17.1. The van der Waals surface area contributed by atoms with Gasteiger partial charge in [-0.05, 0) is 49.9 Å². The predicted molar refractivity (Wildman–Crippen MR) is 109 cm³/mol. The molecule has 3 aromatic rings. The van der Waals surface area contributed by atoms with E-state index < -0.39 is 0 Å². The van der Waals surface area contributed by atoms with Crippen LogP contribution in [-0.2, 0) is 11.2 Å². The SMILES string of the molecule is CCc1cc(C(=O)N(CC2CCCO2)c2nc3ccccc3s2)sc1C. The largest absolute Gasteiger partial charge is 0.376 e. The molecule has 2 aromatic heterocycles. The van der Waals surface area contributed by atoms with Crippen LogP contribution in [0.15, 0.2) is 30.3 Å². The van der Waals surface area contributed by atoms with Crippen LogP contribution in [0.4, 0.5) is 5.13 Å². The van der Waals surface area contributed by atoms with Crippen LogP contribution in [0.1, 0.15) is 39.9 Å². The second kappa shape index (κ2) is 7.47. The van der Waals surface area contributed by atoms with Crippen LogP contribution in [0.5, 0.6) is 0 Å². The number of hydrogen-bond donors (Lipinski definition) is 0. The van der Waals surface area contributed by atoms with Gasteiger partial charge in [0.05, 0.1) is 27.7 Å². The summed E-state index contributed by atoms with van der Waals surface area (Å²) in [6, 6.07) is 10.1. The van der Waals surface area contributed by atoms with Gasteiger partial charge >= 0.3 is 0 Å². The monoisotopic (exact) mass is 386 g/mol. The van der Waals surface area contributed by atoms with Crippen LogP contribution in [0.2, 0.25) is 0 Å². The molecule has 1 aliphatic heterocycles. The molecule has 3 heterocycles. The number of thiophene rings is 1. The molecular formula is C20H22N2O2S2. The highest BCUT2D eigenvalue weighted by Gasteiger charge is 2.28. The van der Waals surface area contributed by atoms with E-state index in [1.807, 2.05) is 29.2 Å². The van der Waals surface area contributed by atoms with E-state index >= 15 is 0 Å². The van der Waals surface area contributed by atoms with Crippen molar-refractivity contribution < 1.29 is 9.53 Å². The molecule has 1 fully saturated rings. The summed E-state index contributed by atoms with van der Waals surface area (Å²) in [5.74, 6) is 0.0346. The van der Waals surface area contributed by atoms with Crippen LogP contribution in [0.25, 0.3) is 10.2 Å². The zero-order valence-corrected chi connectivity index (χ0v) is 16.7. The number of benzene rings is 1. The molecule has 0 radical (unpaired) electrons. The second-order valence-corrected chi connectivity index (χ2v) is 8.83. The summed E-state index contributed by atoms with van der Waals surface area (Å²) in [5, 5.41) is 0.760. The van der Waals surface area contributed by atoms with E-state index in [4.69, 9.17) is 9.72 Å². The van der Waals surface area contributed by atoms with Gasteiger partial charge in [0, 0.05) is 11.5 Å². The van der Waals surface area contributed by atoms with E-state index in [9.17, 15) is 4.79 Å².